The first-order valence-corrected chi connectivity index (χ1v) is 22.3. The number of hydrogen-bond acceptors (Lipinski definition) is 2. The second kappa shape index (κ2) is 15.5. The molecule has 0 spiro atoms. The molecule has 2 heterocycles. The van der Waals surface area contributed by atoms with Crippen LogP contribution in [0, 0.1) is 0 Å². The largest absolute Gasteiger partial charge is 0.310 e. The zero-order chi connectivity index (χ0) is 41.7. The number of para-hydroxylation sites is 2. The number of hydrogen-bond donors (Lipinski definition) is 0. The Balaban J connectivity index is 1.01. The fraction of sp³-hybridized carbons (Fsp3) is 0. The summed E-state index contributed by atoms with van der Waals surface area (Å²) in [6.45, 7) is 0. The Morgan fingerprint density at radius 2 is 0.762 bits per heavy atom. The summed E-state index contributed by atoms with van der Waals surface area (Å²) in [5, 5.41) is 5.10. The Morgan fingerprint density at radius 1 is 0.270 bits per heavy atom. The van der Waals surface area contributed by atoms with Crippen molar-refractivity contribution in [1.29, 1.82) is 0 Å². The maximum absolute atomic E-state index is 2.44. The molecule has 63 heavy (non-hydrogen) atoms. The highest BCUT2D eigenvalue weighted by Gasteiger charge is 2.19. The van der Waals surface area contributed by atoms with Crippen LogP contribution in [0.5, 0.6) is 0 Å². The minimum Gasteiger partial charge on any atom is -0.310 e. The van der Waals surface area contributed by atoms with E-state index in [1.54, 1.807) is 0 Å². The van der Waals surface area contributed by atoms with Gasteiger partial charge in [0, 0.05) is 53.7 Å². The quantitative estimate of drug-likeness (QED) is 0.148. The molecule has 0 amide bonds. The number of aromatic nitrogens is 1. The van der Waals surface area contributed by atoms with Crippen molar-refractivity contribution in [1.82, 2.24) is 4.57 Å². The molecule has 12 aromatic rings. The van der Waals surface area contributed by atoms with Crippen molar-refractivity contribution in [2.45, 2.75) is 0 Å². The van der Waals surface area contributed by atoms with Crippen molar-refractivity contribution < 1.29 is 0 Å². The monoisotopic (exact) mass is 820 g/mol. The van der Waals surface area contributed by atoms with Gasteiger partial charge in [0.2, 0.25) is 0 Å². The van der Waals surface area contributed by atoms with Crippen LogP contribution in [-0.2, 0) is 0 Å². The minimum absolute atomic E-state index is 1.09. The number of thiophene rings is 1. The van der Waals surface area contributed by atoms with Gasteiger partial charge in [0.05, 0.1) is 11.0 Å². The van der Waals surface area contributed by atoms with Crippen molar-refractivity contribution >= 4 is 70.4 Å². The third kappa shape index (κ3) is 6.67. The Labute approximate surface area is 370 Å². The van der Waals surface area contributed by atoms with E-state index in [4.69, 9.17) is 0 Å². The zero-order valence-corrected chi connectivity index (χ0v) is 35.2. The average molecular weight is 821 g/mol. The molecule has 0 fully saturated rings. The second-order valence-electron chi connectivity index (χ2n) is 16.2. The Kier molecular flexibility index (Phi) is 9.06. The number of nitrogens with zero attached hydrogens (tertiary/aromatic N) is 2. The summed E-state index contributed by atoms with van der Waals surface area (Å²) < 4.78 is 4.96. The molecule has 0 radical (unpaired) electrons. The van der Waals surface area contributed by atoms with E-state index in [0.717, 1.165) is 28.3 Å². The first-order valence-electron chi connectivity index (χ1n) is 21.5. The van der Waals surface area contributed by atoms with Gasteiger partial charge >= 0.3 is 0 Å². The normalized spacial score (nSPS) is 11.5. The summed E-state index contributed by atoms with van der Waals surface area (Å²) in [5.41, 5.74) is 16.3. The lowest BCUT2D eigenvalue weighted by Gasteiger charge is -2.27. The van der Waals surface area contributed by atoms with Crippen LogP contribution in [0.4, 0.5) is 17.1 Å². The van der Waals surface area contributed by atoms with Crippen LogP contribution < -0.4 is 4.90 Å². The molecule has 0 saturated carbocycles. The molecule has 296 valence electrons. The lowest BCUT2D eigenvalue weighted by atomic mass is 9.96. The van der Waals surface area contributed by atoms with Gasteiger partial charge in [-0.15, -0.1) is 11.3 Å². The maximum Gasteiger partial charge on any atom is 0.0547 e. The number of fused-ring (bicyclic) bond motifs is 6. The summed E-state index contributed by atoms with van der Waals surface area (Å²) >= 11 is 1.86. The lowest BCUT2D eigenvalue weighted by Crippen LogP contribution is -2.10. The third-order valence-corrected chi connectivity index (χ3v) is 13.5. The summed E-state index contributed by atoms with van der Waals surface area (Å²) in [4.78, 5) is 2.44. The van der Waals surface area contributed by atoms with Gasteiger partial charge in [0.25, 0.3) is 0 Å². The summed E-state index contributed by atoms with van der Waals surface area (Å²) in [7, 11) is 0. The molecule has 2 nitrogen and oxygen atoms in total. The van der Waals surface area contributed by atoms with Crippen LogP contribution in [0.1, 0.15) is 0 Å². The molecule has 2 aromatic heterocycles. The second-order valence-corrected chi connectivity index (χ2v) is 17.2. The van der Waals surface area contributed by atoms with E-state index in [-0.39, 0.29) is 0 Å². The highest BCUT2D eigenvalue weighted by atomic mass is 32.1. The molecule has 0 unspecified atom stereocenters. The lowest BCUT2D eigenvalue weighted by molar-refractivity contribution is 1.18. The molecule has 0 saturated heterocycles. The number of benzene rings is 10. The van der Waals surface area contributed by atoms with E-state index in [2.05, 4.69) is 252 Å². The summed E-state index contributed by atoms with van der Waals surface area (Å²) in [6.07, 6.45) is 0. The molecule has 10 aromatic carbocycles. The molecule has 0 N–H and O–H groups in total. The van der Waals surface area contributed by atoms with Gasteiger partial charge in [-0.2, -0.15) is 0 Å². The van der Waals surface area contributed by atoms with E-state index < -0.39 is 0 Å². The molecular formula is C60H40N2S. The molecule has 0 aliphatic heterocycles. The predicted octanol–water partition coefficient (Wildman–Crippen LogP) is 17.3. The van der Waals surface area contributed by atoms with Crippen molar-refractivity contribution in [2.75, 3.05) is 4.90 Å². The average Bonchev–Trinajstić information content (AvgIpc) is 3.90. The summed E-state index contributed by atoms with van der Waals surface area (Å²) in [5.74, 6) is 0. The van der Waals surface area contributed by atoms with Gasteiger partial charge in [0.15, 0.2) is 0 Å². The Hall–Kier alpha value is -7.98. The van der Waals surface area contributed by atoms with E-state index in [1.807, 2.05) is 11.3 Å². The maximum atomic E-state index is 2.44. The first-order chi connectivity index (χ1) is 31.2. The highest BCUT2D eigenvalue weighted by molar-refractivity contribution is 7.25. The van der Waals surface area contributed by atoms with Gasteiger partial charge in [-0.25, -0.2) is 0 Å². The molecule has 0 aliphatic rings. The van der Waals surface area contributed by atoms with Crippen LogP contribution in [0.15, 0.2) is 243 Å². The molecule has 0 bridgehead atoms. The molecule has 0 aliphatic carbocycles. The number of anilines is 3. The highest BCUT2D eigenvalue weighted by Crippen LogP contribution is 2.44. The molecule has 12 rings (SSSR count). The smallest absolute Gasteiger partial charge is 0.0547 e. The van der Waals surface area contributed by atoms with Crippen LogP contribution in [-0.4, -0.2) is 4.57 Å². The van der Waals surface area contributed by atoms with Crippen LogP contribution in [0.25, 0.3) is 92.2 Å². The molecular weight excluding hydrogens is 781 g/mol. The summed E-state index contributed by atoms with van der Waals surface area (Å²) in [6, 6.07) is 88.5. The Bertz CT molecular complexity index is 3560. The van der Waals surface area contributed by atoms with Gasteiger partial charge in [0.1, 0.15) is 0 Å². The van der Waals surface area contributed by atoms with Crippen LogP contribution >= 0.6 is 11.3 Å². The van der Waals surface area contributed by atoms with E-state index in [0.29, 0.717) is 0 Å². The molecule has 0 atom stereocenters. The predicted molar refractivity (Wildman–Crippen MR) is 270 cm³/mol. The van der Waals surface area contributed by atoms with E-state index in [9.17, 15) is 0 Å². The fourth-order valence-corrected chi connectivity index (χ4v) is 10.5. The topological polar surface area (TPSA) is 8.17 Å². The van der Waals surface area contributed by atoms with Crippen molar-refractivity contribution in [3.05, 3.63) is 243 Å². The zero-order valence-electron chi connectivity index (χ0n) is 34.4. The van der Waals surface area contributed by atoms with Gasteiger partial charge in [-0.3, -0.25) is 0 Å². The van der Waals surface area contributed by atoms with Crippen molar-refractivity contribution in [3.8, 4) is 50.2 Å². The first kappa shape index (κ1) is 36.8. The van der Waals surface area contributed by atoms with Gasteiger partial charge < -0.3 is 9.47 Å². The molecule has 3 heteroatoms. The number of rotatable bonds is 8. The van der Waals surface area contributed by atoms with Gasteiger partial charge in [-0.05, 0) is 123 Å². The standard InChI is InChI=1S/C60H40N2S/c1-4-16-41(17-5-1)47-35-48(42-18-6-2-7-19-42)38-52(37-47)61(51-31-33-56-55-27-11-13-29-59(55)63-60(56)40-51)50-25-15-22-45(36-50)43-20-14-21-44(34-43)46-30-32-54-53-26-10-12-28-57(53)62(58(54)39-46)49-23-8-3-9-24-49/h1-40H. The SMILES string of the molecule is c1ccc(-c2cc(-c3ccccc3)cc(N(c3cccc(-c4cccc(-c5ccc6c7ccccc7n(-c7ccccc7)c6c5)c4)c3)c3ccc4c(c3)sc3ccccc34)c2)cc1. The minimum atomic E-state index is 1.09. The van der Waals surface area contributed by atoms with E-state index in [1.165, 1.54) is 80.9 Å². The third-order valence-electron chi connectivity index (χ3n) is 12.3. The van der Waals surface area contributed by atoms with E-state index >= 15 is 0 Å². The van der Waals surface area contributed by atoms with Gasteiger partial charge in [-0.1, -0.05) is 164 Å². The Morgan fingerprint density at radius 3 is 1.49 bits per heavy atom. The van der Waals surface area contributed by atoms with Crippen LogP contribution in [0.3, 0.4) is 0 Å². The fourth-order valence-electron chi connectivity index (χ4n) is 9.34. The van der Waals surface area contributed by atoms with Crippen molar-refractivity contribution in [3.63, 3.8) is 0 Å². The van der Waals surface area contributed by atoms with Crippen molar-refractivity contribution in [2.24, 2.45) is 0 Å². The van der Waals surface area contributed by atoms with Crippen LogP contribution in [0.2, 0.25) is 0 Å².